The number of benzene rings is 2. The van der Waals surface area contributed by atoms with Gasteiger partial charge in [0.25, 0.3) is 0 Å². The molecule has 0 N–H and O–H groups in total. The molecule has 0 spiro atoms. The van der Waals surface area contributed by atoms with Crippen LogP contribution in [0.15, 0.2) is 36.4 Å². The van der Waals surface area contributed by atoms with Crippen LogP contribution in [0.25, 0.3) is 0 Å². The van der Waals surface area contributed by atoms with Gasteiger partial charge in [-0.25, -0.2) is 0 Å². The molecule has 0 aliphatic rings. The van der Waals surface area contributed by atoms with Gasteiger partial charge in [0.15, 0.2) is 5.78 Å². The number of ether oxygens (including phenoxy) is 1. The van der Waals surface area contributed by atoms with Gasteiger partial charge in [0.1, 0.15) is 5.92 Å². The lowest BCUT2D eigenvalue weighted by atomic mass is 9.84. The van der Waals surface area contributed by atoms with Gasteiger partial charge >= 0.3 is 5.97 Å². The van der Waals surface area contributed by atoms with Gasteiger partial charge in [0, 0.05) is 5.56 Å². The normalized spacial score (nSPS) is 11.2. The van der Waals surface area contributed by atoms with Crippen LogP contribution in [0.2, 0.25) is 0 Å². The fourth-order valence-corrected chi connectivity index (χ4v) is 2.97. The van der Waals surface area contributed by atoms with E-state index in [4.69, 9.17) is 9.30 Å². The lowest BCUT2D eigenvalue weighted by Crippen LogP contribution is -2.25. The molecule has 25 heavy (non-hydrogen) atoms. The minimum Gasteiger partial charge on any atom is -0.468 e. The van der Waals surface area contributed by atoms with Crippen LogP contribution in [0, 0.1) is 27.7 Å². The number of hydrogen-bond donors (Lipinski definition) is 0. The summed E-state index contributed by atoms with van der Waals surface area (Å²) in [6.07, 6.45) is 0. The molecule has 2 atom stereocenters. The van der Waals surface area contributed by atoms with Crippen LogP contribution >= 0.6 is 9.12 Å². The Kier molecular flexibility index (Phi) is 7.79. The summed E-state index contributed by atoms with van der Waals surface area (Å²) in [4.78, 5) is 25.4. The standard InChI is InChI=1S/C20H22O3.H3OP/c1-12-11-13(2)17(15(4)14(12)3)19(21)18(20(22)23-5)16-9-7-6-8-10-16;1-2/h6-11,18H,1-5H3;2H3. The van der Waals surface area contributed by atoms with Crippen LogP contribution in [0.1, 0.15) is 44.1 Å². The summed E-state index contributed by atoms with van der Waals surface area (Å²) in [7, 11) is 1.92. The van der Waals surface area contributed by atoms with Crippen LogP contribution in [-0.2, 0) is 14.1 Å². The highest BCUT2D eigenvalue weighted by Crippen LogP contribution is 2.29. The molecule has 0 aliphatic heterocycles. The van der Waals surface area contributed by atoms with Crippen molar-refractivity contribution < 1.29 is 18.9 Å². The lowest BCUT2D eigenvalue weighted by molar-refractivity contribution is -0.141. The molecule has 0 heterocycles. The van der Waals surface area contributed by atoms with E-state index in [1.807, 2.05) is 52.0 Å². The number of hydrogen-bond acceptors (Lipinski definition) is 4. The highest BCUT2D eigenvalue weighted by Gasteiger charge is 2.32. The third-order valence-electron chi connectivity index (χ3n) is 4.43. The molecule has 0 aromatic heterocycles. The van der Waals surface area contributed by atoms with Crippen molar-refractivity contribution in [1.82, 2.24) is 0 Å². The molecule has 2 aromatic rings. The lowest BCUT2D eigenvalue weighted by Gasteiger charge is -2.19. The van der Waals surface area contributed by atoms with Crippen molar-refractivity contribution >= 4 is 20.9 Å². The van der Waals surface area contributed by atoms with E-state index in [-0.39, 0.29) is 5.78 Å². The van der Waals surface area contributed by atoms with Crippen molar-refractivity contribution in [3.05, 3.63) is 69.8 Å². The summed E-state index contributed by atoms with van der Waals surface area (Å²) in [6, 6.07) is 11.1. The number of rotatable bonds is 4. The first kappa shape index (κ1) is 20.9. The van der Waals surface area contributed by atoms with E-state index >= 15 is 0 Å². The average molecular weight is 360 g/mol. The zero-order valence-corrected chi connectivity index (χ0v) is 16.8. The largest absolute Gasteiger partial charge is 0.468 e. The van der Waals surface area contributed by atoms with Crippen molar-refractivity contribution in [1.29, 1.82) is 0 Å². The van der Waals surface area contributed by atoms with Gasteiger partial charge in [-0.1, -0.05) is 36.4 Å². The molecular weight excluding hydrogens is 335 g/mol. The maximum absolute atomic E-state index is 13.2. The topological polar surface area (TPSA) is 60.4 Å². The predicted octanol–water partition coefficient (Wildman–Crippen LogP) is 4.00. The van der Waals surface area contributed by atoms with E-state index in [1.165, 1.54) is 7.11 Å². The number of carbonyl (C=O) groups excluding carboxylic acids is 2. The van der Waals surface area contributed by atoms with Crippen molar-refractivity contribution in [3.63, 3.8) is 0 Å². The number of aryl methyl sites for hydroxylation is 2. The van der Waals surface area contributed by atoms with Gasteiger partial charge < -0.3 is 9.30 Å². The summed E-state index contributed by atoms with van der Waals surface area (Å²) < 4.78 is 13.2. The number of methoxy groups -OCH3 is 1. The Labute approximate surface area is 150 Å². The molecule has 0 amide bonds. The molecule has 0 saturated heterocycles. The minimum absolute atomic E-state index is 0.207. The monoisotopic (exact) mass is 360 g/mol. The Morgan fingerprint density at radius 2 is 1.48 bits per heavy atom. The first-order chi connectivity index (χ1) is 11.9. The Hall–Kier alpha value is -2.19. The maximum Gasteiger partial charge on any atom is 0.321 e. The van der Waals surface area contributed by atoms with Gasteiger partial charge in [0.05, 0.1) is 16.2 Å². The Morgan fingerprint density at radius 3 is 2.00 bits per heavy atom. The first-order valence-corrected chi connectivity index (χ1v) is 8.49. The van der Waals surface area contributed by atoms with Crippen LogP contribution in [0.5, 0.6) is 0 Å². The third kappa shape index (κ3) is 4.46. The molecule has 2 rings (SSSR count). The average Bonchev–Trinajstić information content (AvgIpc) is 2.62. The molecule has 0 fully saturated rings. The summed E-state index contributed by atoms with van der Waals surface area (Å²) in [6.45, 7) is 7.86. The SMILES string of the molecule is COC(=O)C(C(=O)c1c(C)cc(C)c(C)c1C)c1ccccc1.O=[PH3]. The molecule has 2 aromatic carbocycles. The van der Waals surface area contributed by atoms with E-state index in [1.54, 1.807) is 12.1 Å². The van der Waals surface area contributed by atoms with E-state index in [0.717, 1.165) is 22.3 Å². The highest BCUT2D eigenvalue weighted by molar-refractivity contribution is 7.00. The van der Waals surface area contributed by atoms with Crippen LogP contribution in [0.4, 0.5) is 0 Å². The van der Waals surface area contributed by atoms with E-state index in [0.29, 0.717) is 20.2 Å². The van der Waals surface area contributed by atoms with Crippen LogP contribution < -0.4 is 0 Å². The molecule has 0 bridgehead atoms. The van der Waals surface area contributed by atoms with Crippen LogP contribution in [0.3, 0.4) is 0 Å². The fraction of sp³-hybridized carbons (Fsp3) is 0.300. The van der Waals surface area contributed by atoms with E-state index in [2.05, 4.69) is 0 Å². The van der Waals surface area contributed by atoms with Gasteiger partial charge in [-0.05, 0) is 55.5 Å². The second-order valence-electron chi connectivity index (χ2n) is 5.87. The quantitative estimate of drug-likeness (QED) is 0.358. The van der Waals surface area contributed by atoms with E-state index < -0.39 is 11.9 Å². The zero-order chi connectivity index (χ0) is 19.1. The Morgan fingerprint density at radius 1 is 0.920 bits per heavy atom. The molecular formula is C20H25O4P. The molecule has 134 valence electrons. The zero-order valence-electron chi connectivity index (χ0n) is 15.4. The second-order valence-corrected chi connectivity index (χ2v) is 5.87. The van der Waals surface area contributed by atoms with Crippen molar-refractivity contribution in [2.24, 2.45) is 0 Å². The summed E-state index contributed by atoms with van der Waals surface area (Å²) >= 11 is 0. The number of carbonyl (C=O) groups is 2. The second kappa shape index (κ2) is 9.33. The third-order valence-corrected chi connectivity index (χ3v) is 4.43. The Bertz CT molecular complexity index is 769. The van der Waals surface area contributed by atoms with Gasteiger partial charge in [0.2, 0.25) is 0 Å². The number of ketones is 1. The molecule has 0 aliphatic carbocycles. The highest BCUT2D eigenvalue weighted by atomic mass is 31.0. The Balaban J connectivity index is 0.00000151. The minimum atomic E-state index is -0.930. The van der Waals surface area contributed by atoms with Gasteiger partial charge in [-0.15, -0.1) is 0 Å². The van der Waals surface area contributed by atoms with Crippen LogP contribution in [-0.4, -0.2) is 18.9 Å². The summed E-state index contributed by atoms with van der Waals surface area (Å²) in [5, 5.41) is 0. The molecule has 0 saturated carbocycles. The maximum atomic E-state index is 13.2. The van der Waals surface area contributed by atoms with Crippen molar-refractivity contribution in [2.75, 3.05) is 7.11 Å². The molecule has 5 heteroatoms. The molecule has 2 unspecified atom stereocenters. The number of Topliss-reactive ketones (excluding diaryl/α,β-unsaturated/α-hetero) is 1. The number of esters is 1. The smallest absolute Gasteiger partial charge is 0.321 e. The van der Waals surface area contributed by atoms with E-state index in [9.17, 15) is 9.59 Å². The van der Waals surface area contributed by atoms with Crippen molar-refractivity contribution in [2.45, 2.75) is 33.6 Å². The molecule has 4 nitrogen and oxygen atoms in total. The predicted molar refractivity (Wildman–Crippen MR) is 103 cm³/mol. The molecule has 0 radical (unpaired) electrons. The fourth-order valence-electron chi connectivity index (χ4n) is 2.97. The first-order valence-electron chi connectivity index (χ1n) is 7.91. The van der Waals surface area contributed by atoms with Crippen molar-refractivity contribution in [3.8, 4) is 0 Å². The van der Waals surface area contributed by atoms with Gasteiger partial charge in [-0.2, -0.15) is 0 Å². The summed E-state index contributed by atoms with van der Waals surface area (Å²) in [5.41, 5.74) is 5.31. The summed E-state index contributed by atoms with van der Waals surface area (Å²) in [5.74, 6) is -1.67. The van der Waals surface area contributed by atoms with Gasteiger partial charge in [-0.3, -0.25) is 9.59 Å².